The molecule has 0 bridgehead atoms. The minimum Gasteiger partial charge on any atom is -0.478 e. The standard InChI is InChI=1S/C15H15Cl2NO3/c1-15(2)9(7-11(16)17)12(15)13(19)18-10-6-4-3-5-8(10)14(20)21/h3-7,9,12H,1-2H3,(H,18,19)(H,20,21)/t9-,12-/m1/s1. The summed E-state index contributed by atoms with van der Waals surface area (Å²) in [5.74, 6) is -1.66. The van der Waals surface area contributed by atoms with E-state index in [4.69, 9.17) is 28.3 Å². The summed E-state index contributed by atoms with van der Waals surface area (Å²) >= 11 is 11.3. The quantitative estimate of drug-likeness (QED) is 0.880. The van der Waals surface area contributed by atoms with Crippen molar-refractivity contribution in [3.63, 3.8) is 0 Å². The van der Waals surface area contributed by atoms with Crippen molar-refractivity contribution in [1.29, 1.82) is 0 Å². The van der Waals surface area contributed by atoms with Gasteiger partial charge in [0.15, 0.2) is 0 Å². The third-order valence-corrected chi connectivity index (χ3v) is 4.17. The molecule has 0 aromatic heterocycles. The molecular weight excluding hydrogens is 313 g/mol. The molecule has 2 atom stereocenters. The minimum atomic E-state index is -1.08. The first-order valence-corrected chi connectivity index (χ1v) is 7.16. The summed E-state index contributed by atoms with van der Waals surface area (Å²) in [5, 5.41) is 11.8. The largest absolute Gasteiger partial charge is 0.478 e. The number of amides is 1. The van der Waals surface area contributed by atoms with Gasteiger partial charge in [0.2, 0.25) is 5.91 Å². The number of allylic oxidation sites excluding steroid dienone is 1. The molecule has 1 amide bonds. The highest BCUT2D eigenvalue weighted by Crippen LogP contribution is 2.60. The maximum atomic E-state index is 12.3. The monoisotopic (exact) mass is 327 g/mol. The lowest BCUT2D eigenvalue weighted by Crippen LogP contribution is -2.18. The van der Waals surface area contributed by atoms with Crippen molar-refractivity contribution < 1.29 is 14.7 Å². The summed E-state index contributed by atoms with van der Waals surface area (Å²) in [5.41, 5.74) is 0.0984. The molecule has 0 radical (unpaired) electrons. The van der Waals surface area contributed by atoms with Crippen molar-refractivity contribution in [2.24, 2.45) is 17.3 Å². The SMILES string of the molecule is CC1(C)[C@H](C=C(Cl)Cl)[C@@H]1C(=O)Nc1ccccc1C(=O)O. The van der Waals surface area contributed by atoms with Crippen LogP contribution in [0.2, 0.25) is 0 Å². The third kappa shape index (κ3) is 3.22. The highest BCUT2D eigenvalue weighted by Gasteiger charge is 2.60. The Labute approximate surface area is 132 Å². The number of para-hydroxylation sites is 1. The van der Waals surface area contributed by atoms with Gasteiger partial charge < -0.3 is 10.4 Å². The summed E-state index contributed by atoms with van der Waals surface area (Å²) < 4.78 is 0.134. The smallest absolute Gasteiger partial charge is 0.337 e. The van der Waals surface area contributed by atoms with Gasteiger partial charge in [-0.1, -0.05) is 49.2 Å². The number of carbonyl (C=O) groups is 2. The molecule has 0 spiro atoms. The zero-order chi connectivity index (χ0) is 15.8. The van der Waals surface area contributed by atoms with Gasteiger partial charge in [0.1, 0.15) is 4.49 Å². The van der Waals surface area contributed by atoms with Gasteiger partial charge in [0.05, 0.1) is 17.2 Å². The van der Waals surface area contributed by atoms with Crippen LogP contribution in [-0.2, 0) is 4.79 Å². The van der Waals surface area contributed by atoms with Gasteiger partial charge in [-0.15, -0.1) is 0 Å². The lowest BCUT2D eigenvalue weighted by atomic mass is 10.1. The molecule has 21 heavy (non-hydrogen) atoms. The Morgan fingerprint density at radius 2 is 1.90 bits per heavy atom. The second-order valence-electron chi connectivity index (χ2n) is 5.62. The van der Waals surface area contributed by atoms with Crippen LogP contribution in [-0.4, -0.2) is 17.0 Å². The molecule has 112 valence electrons. The maximum Gasteiger partial charge on any atom is 0.337 e. The van der Waals surface area contributed by atoms with Gasteiger partial charge >= 0.3 is 5.97 Å². The Morgan fingerprint density at radius 1 is 1.29 bits per heavy atom. The number of benzene rings is 1. The number of hydrogen-bond donors (Lipinski definition) is 2. The zero-order valence-corrected chi connectivity index (χ0v) is 13.1. The molecule has 0 saturated heterocycles. The van der Waals surface area contributed by atoms with Crippen LogP contribution in [0.15, 0.2) is 34.8 Å². The molecule has 0 aliphatic heterocycles. The van der Waals surface area contributed by atoms with Crippen LogP contribution in [0.1, 0.15) is 24.2 Å². The summed E-state index contributed by atoms with van der Waals surface area (Å²) in [6.45, 7) is 3.89. The predicted molar refractivity (Wildman–Crippen MR) is 82.6 cm³/mol. The Kier molecular flexibility index (Phi) is 4.30. The average molecular weight is 328 g/mol. The molecule has 1 saturated carbocycles. The van der Waals surface area contributed by atoms with Gasteiger partial charge in [-0.25, -0.2) is 4.79 Å². The fourth-order valence-electron chi connectivity index (χ4n) is 2.61. The lowest BCUT2D eigenvalue weighted by Gasteiger charge is -2.08. The minimum absolute atomic E-state index is 0.0560. The van der Waals surface area contributed by atoms with Crippen molar-refractivity contribution in [3.05, 3.63) is 40.4 Å². The molecule has 4 nitrogen and oxygen atoms in total. The zero-order valence-electron chi connectivity index (χ0n) is 11.6. The van der Waals surface area contributed by atoms with E-state index in [1.807, 2.05) is 13.8 Å². The average Bonchev–Trinajstić information content (AvgIpc) is 2.90. The molecule has 1 aliphatic carbocycles. The number of hydrogen-bond acceptors (Lipinski definition) is 2. The summed E-state index contributed by atoms with van der Waals surface area (Å²) in [7, 11) is 0. The van der Waals surface area contributed by atoms with E-state index in [1.54, 1.807) is 24.3 Å². The Bertz CT molecular complexity index is 621. The number of nitrogens with one attached hydrogen (secondary N) is 1. The molecule has 1 aliphatic rings. The molecule has 0 heterocycles. The van der Waals surface area contributed by atoms with Crippen molar-refractivity contribution in [3.8, 4) is 0 Å². The van der Waals surface area contributed by atoms with Gasteiger partial charge in [-0.3, -0.25) is 4.79 Å². The Hall–Kier alpha value is -1.52. The molecule has 2 rings (SSSR count). The first-order chi connectivity index (χ1) is 9.75. The topological polar surface area (TPSA) is 66.4 Å². The van der Waals surface area contributed by atoms with E-state index < -0.39 is 5.97 Å². The summed E-state index contributed by atoms with van der Waals surface area (Å²) in [6, 6.07) is 6.30. The number of carboxylic acid groups (broad SMARTS) is 1. The van der Waals surface area contributed by atoms with E-state index in [0.717, 1.165) is 0 Å². The first kappa shape index (κ1) is 15.9. The van der Waals surface area contributed by atoms with Crippen LogP contribution in [0.5, 0.6) is 0 Å². The molecule has 6 heteroatoms. The highest BCUT2D eigenvalue weighted by molar-refractivity contribution is 6.55. The number of aromatic carboxylic acids is 1. The van der Waals surface area contributed by atoms with Crippen molar-refractivity contribution in [1.82, 2.24) is 0 Å². The molecule has 1 fully saturated rings. The van der Waals surface area contributed by atoms with Gasteiger partial charge in [0, 0.05) is 0 Å². The Morgan fingerprint density at radius 3 is 2.48 bits per heavy atom. The first-order valence-electron chi connectivity index (χ1n) is 6.41. The molecule has 1 aromatic carbocycles. The van der Waals surface area contributed by atoms with E-state index in [1.165, 1.54) is 6.07 Å². The van der Waals surface area contributed by atoms with E-state index in [9.17, 15) is 9.59 Å². The number of carbonyl (C=O) groups excluding carboxylic acids is 1. The van der Waals surface area contributed by atoms with Crippen LogP contribution in [0.4, 0.5) is 5.69 Å². The van der Waals surface area contributed by atoms with Crippen LogP contribution >= 0.6 is 23.2 Å². The fourth-order valence-corrected chi connectivity index (χ4v) is 2.89. The number of rotatable bonds is 4. The van der Waals surface area contributed by atoms with E-state index >= 15 is 0 Å². The maximum absolute atomic E-state index is 12.3. The lowest BCUT2D eigenvalue weighted by molar-refractivity contribution is -0.118. The van der Waals surface area contributed by atoms with Gasteiger partial charge in [-0.05, 0) is 29.5 Å². The second kappa shape index (κ2) is 5.70. The van der Waals surface area contributed by atoms with E-state index in [2.05, 4.69) is 5.32 Å². The third-order valence-electron chi connectivity index (χ3n) is 3.91. The molecule has 1 aromatic rings. The fraction of sp³-hybridized carbons (Fsp3) is 0.333. The normalized spacial score (nSPS) is 22.3. The van der Waals surface area contributed by atoms with E-state index in [-0.39, 0.29) is 38.9 Å². The van der Waals surface area contributed by atoms with Crippen LogP contribution in [0, 0.1) is 17.3 Å². The van der Waals surface area contributed by atoms with Crippen molar-refractivity contribution in [2.45, 2.75) is 13.8 Å². The second-order valence-corrected chi connectivity index (χ2v) is 6.63. The Balaban J connectivity index is 2.17. The summed E-state index contributed by atoms with van der Waals surface area (Å²) in [4.78, 5) is 23.5. The van der Waals surface area contributed by atoms with Crippen LogP contribution in [0.25, 0.3) is 0 Å². The predicted octanol–water partition coefficient (Wildman–Crippen LogP) is 3.91. The van der Waals surface area contributed by atoms with Crippen molar-refractivity contribution >= 4 is 40.8 Å². The van der Waals surface area contributed by atoms with Gasteiger partial charge in [0.25, 0.3) is 0 Å². The number of halogens is 2. The summed E-state index contributed by atoms with van der Waals surface area (Å²) in [6.07, 6.45) is 1.65. The van der Waals surface area contributed by atoms with Gasteiger partial charge in [-0.2, -0.15) is 0 Å². The molecular formula is C15H15Cl2NO3. The molecule has 0 unspecified atom stereocenters. The molecule has 2 N–H and O–H groups in total. The number of anilines is 1. The highest BCUT2D eigenvalue weighted by atomic mass is 35.5. The van der Waals surface area contributed by atoms with Crippen molar-refractivity contribution in [2.75, 3.05) is 5.32 Å². The van der Waals surface area contributed by atoms with Crippen LogP contribution < -0.4 is 5.32 Å². The number of carboxylic acids is 1. The van der Waals surface area contributed by atoms with Crippen LogP contribution in [0.3, 0.4) is 0 Å². The van der Waals surface area contributed by atoms with E-state index in [0.29, 0.717) is 0 Å².